The molecule has 0 aromatic heterocycles. The molecule has 3 atom stereocenters. The van der Waals surface area contributed by atoms with Crippen LogP contribution in [0, 0.1) is 11.8 Å². The lowest BCUT2D eigenvalue weighted by Crippen LogP contribution is -2.35. The number of hydrogen-bond acceptors (Lipinski definition) is 2. The Hall–Kier alpha value is -0.470. The van der Waals surface area contributed by atoms with E-state index >= 15 is 0 Å². The van der Waals surface area contributed by atoms with Crippen molar-refractivity contribution in [3.05, 3.63) is 30.3 Å². The molecule has 0 aliphatic heterocycles. The minimum Gasteiger partial charge on any atom is -0.327 e. The second-order valence-electron chi connectivity index (χ2n) is 5.49. The van der Waals surface area contributed by atoms with E-state index in [0.717, 1.165) is 17.6 Å². The van der Waals surface area contributed by atoms with Crippen LogP contribution in [0.1, 0.15) is 39.0 Å². The summed E-state index contributed by atoms with van der Waals surface area (Å²) in [6, 6.07) is 11.0. The summed E-state index contributed by atoms with van der Waals surface area (Å²) in [4.78, 5) is 1.34. The molecule has 0 saturated heterocycles. The van der Waals surface area contributed by atoms with Crippen LogP contribution in [0.3, 0.4) is 0 Å². The minimum atomic E-state index is 0.365. The number of benzene rings is 1. The Morgan fingerprint density at radius 3 is 2.78 bits per heavy atom. The predicted octanol–water partition coefficient (Wildman–Crippen LogP) is 4.32. The van der Waals surface area contributed by atoms with Crippen molar-refractivity contribution in [2.24, 2.45) is 17.6 Å². The van der Waals surface area contributed by atoms with Gasteiger partial charge in [0.25, 0.3) is 0 Å². The molecule has 1 fully saturated rings. The summed E-state index contributed by atoms with van der Waals surface area (Å²) in [5.74, 6) is 2.74. The molecule has 18 heavy (non-hydrogen) atoms. The normalized spacial score (nSPS) is 25.9. The highest BCUT2D eigenvalue weighted by molar-refractivity contribution is 7.99. The van der Waals surface area contributed by atoms with Gasteiger partial charge in [-0.2, -0.15) is 0 Å². The van der Waals surface area contributed by atoms with Crippen LogP contribution in [0.2, 0.25) is 0 Å². The van der Waals surface area contributed by atoms with E-state index in [2.05, 4.69) is 37.3 Å². The van der Waals surface area contributed by atoms with Gasteiger partial charge in [-0.15, -0.1) is 11.8 Å². The first kappa shape index (κ1) is 14.0. The van der Waals surface area contributed by atoms with Gasteiger partial charge in [-0.05, 0) is 36.8 Å². The molecule has 0 radical (unpaired) electrons. The van der Waals surface area contributed by atoms with Crippen LogP contribution < -0.4 is 5.73 Å². The van der Waals surface area contributed by atoms with Gasteiger partial charge < -0.3 is 5.73 Å². The predicted molar refractivity (Wildman–Crippen MR) is 80.9 cm³/mol. The highest BCUT2D eigenvalue weighted by Gasteiger charge is 2.25. The summed E-state index contributed by atoms with van der Waals surface area (Å²) >= 11 is 1.91. The van der Waals surface area contributed by atoms with E-state index in [1.54, 1.807) is 0 Å². The van der Waals surface area contributed by atoms with Crippen LogP contribution in [0.15, 0.2) is 35.2 Å². The number of thioether (sulfide) groups is 1. The van der Waals surface area contributed by atoms with E-state index in [9.17, 15) is 0 Å². The first-order valence-electron chi connectivity index (χ1n) is 7.23. The number of hydrogen-bond donors (Lipinski definition) is 1. The fourth-order valence-electron chi connectivity index (χ4n) is 2.94. The lowest BCUT2D eigenvalue weighted by Gasteiger charge is -2.32. The highest BCUT2D eigenvalue weighted by atomic mass is 32.2. The Labute approximate surface area is 116 Å². The molecule has 1 nitrogen and oxygen atoms in total. The molecule has 1 aliphatic rings. The molecule has 0 bridgehead atoms. The zero-order valence-electron chi connectivity index (χ0n) is 11.3. The zero-order valence-corrected chi connectivity index (χ0v) is 12.2. The number of nitrogens with two attached hydrogens (primary N) is 1. The molecule has 0 heterocycles. The molecular weight excluding hydrogens is 238 g/mol. The van der Waals surface area contributed by atoms with Crippen molar-refractivity contribution >= 4 is 11.8 Å². The molecular formula is C16H25NS. The maximum atomic E-state index is 6.39. The largest absolute Gasteiger partial charge is 0.327 e. The van der Waals surface area contributed by atoms with E-state index in [0.29, 0.717) is 6.04 Å². The Balaban J connectivity index is 1.79. The average molecular weight is 263 g/mol. The first-order valence-corrected chi connectivity index (χ1v) is 8.21. The van der Waals surface area contributed by atoms with Gasteiger partial charge in [0.05, 0.1) is 0 Å². The molecule has 3 unspecified atom stereocenters. The van der Waals surface area contributed by atoms with Crippen LogP contribution in [0.25, 0.3) is 0 Å². The molecule has 0 amide bonds. The van der Waals surface area contributed by atoms with Gasteiger partial charge in [-0.3, -0.25) is 0 Å². The molecule has 1 saturated carbocycles. The molecule has 2 N–H and O–H groups in total. The van der Waals surface area contributed by atoms with Gasteiger partial charge in [0, 0.05) is 16.7 Å². The summed E-state index contributed by atoms with van der Waals surface area (Å²) in [7, 11) is 0. The molecule has 1 aromatic carbocycles. The van der Waals surface area contributed by atoms with E-state index in [4.69, 9.17) is 5.73 Å². The summed E-state index contributed by atoms with van der Waals surface area (Å²) in [6.45, 7) is 2.32. The van der Waals surface area contributed by atoms with Crippen LogP contribution in [-0.2, 0) is 0 Å². The topological polar surface area (TPSA) is 26.0 Å². The lowest BCUT2D eigenvalue weighted by atomic mass is 9.77. The first-order chi connectivity index (χ1) is 8.79. The third-order valence-electron chi connectivity index (χ3n) is 4.19. The summed E-state index contributed by atoms with van der Waals surface area (Å²) in [5, 5.41) is 0. The fraction of sp³-hybridized carbons (Fsp3) is 0.625. The van der Waals surface area contributed by atoms with Crippen molar-refractivity contribution in [3.63, 3.8) is 0 Å². The highest BCUT2D eigenvalue weighted by Crippen LogP contribution is 2.33. The SMILES string of the molecule is CCC1CCCC(C(N)CSc2ccccc2)C1. The summed E-state index contributed by atoms with van der Waals surface area (Å²) < 4.78 is 0. The second-order valence-corrected chi connectivity index (χ2v) is 6.58. The van der Waals surface area contributed by atoms with Crippen LogP contribution in [0.4, 0.5) is 0 Å². The van der Waals surface area contributed by atoms with Gasteiger partial charge in [0.15, 0.2) is 0 Å². The van der Waals surface area contributed by atoms with Gasteiger partial charge in [0.2, 0.25) is 0 Å². The summed E-state index contributed by atoms with van der Waals surface area (Å²) in [5.41, 5.74) is 6.39. The Morgan fingerprint density at radius 1 is 1.28 bits per heavy atom. The van der Waals surface area contributed by atoms with Crippen molar-refractivity contribution in [1.82, 2.24) is 0 Å². The number of rotatable bonds is 5. The minimum absolute atomic E-state index is 0.365. The van der Waals surface area contributed by atoms with E-state index < -0.39 is 0 Å². The van der Waals surface area contributed by atoms with E-state index in [-0.39, 0.29) is 0 Å². The Morgan fingerprint density at radius 2 is 2.06 bits per heavy atom. The van der Waals surface area contributed by atoms with E-state index in [1.807, 2.05) is 11.8 Å². The van der Waals surface area contributed by atoms with Gasteiger partial charge in [-0.1, -0.05) is 44.4 Å². The Kier molecular flexibility index (Phi) is 5.58. The van der Waals surface area contributed by atoms with Gasteiger partial charge in [0.1, 0.15) is 0 Å². The van der Waals surface area contributed by atoms with Crippen LogP contribution in [-0.4, -0.2) is 11.8 Å². The quantitative estimate of drug-likeness (QED) is 0.801. The van der Waals surface area contributed by atoms with Gasteiger partial charge >= 0.3 is 0 Å². The fourth-order valence-corrected chi connectivity index (χ4v) is 3.94. The molecule has 2 heteroatoms. The average Bonchev–Trinajstić information content (AvgIpc) is 2.46. The molecule has 100 valence electrons. The maximum absolute atomic E-state index is 6.39. The summed E-state index contributed by atoms with van der Waals surface area (Å²) in [6.07, 6.45) is 6.83. The third kappa shape index (κ3) is 4.03. The van der Waals surface area contributed by atoms with Crippen molar-refractivity contribution in [1.29, 1.82) is 0 Å². The van der Waals surface area contributed by atoms with Crippen molar-refractivity contribution in [2.75, 3.05) is 5.75 Å². The van der Waals surface area contributed by atoms with Gasteiger partial charge in [-0.25, -0.2) is 0 Å². The smallest absolute Gasteiger partial charge is 0.0162 e. The molecule has 0 spiro atoms. The van der Waals surface area contributed by atoms with Crippen LogP contribution >= 0.6 is 11.8 Å². The molecule has 2 rings (SSSR count). The Bertz CT molecular complexity index is 338. The second kappa shape index (κ2) is 7.20. The van der Waals surface area contributed by atoms with Crippen molar-refractivity contribution < 1.29 is 0 Å². The van der Waals surface area contributed by atoms with Crippen LogP contribution in [0.5, 0.6) is 0 Å². The third-order valence-corrected chi connectivity index (χ3v) is 5.35. The monoisotopic (exact) mass is 263 g/mol. The molecule has 1 aliphatic carbocycles. The van der Waals surface area contributed by atoms with Crippen molar-refractivity contribution in [2.45, 2.75) is 50.0 Å². The maximum Gasteiger partial charge on any atom is 0.0162 e. The molecule has 1 aromatic rings. The lowest BCUT2D eigenvalue weighted by molar-refractivity contribution is 0.238. The van der Waals surface area contributed by atoms with E-state index in [1.165, 1.54) is 37.0 Å². The van der Waals surface area contributed by atoms with Crippen molar-refractivity contribution in [3.8, 4) is 0 Å². The standard InChI is InChI=1S/C16H25NS/c1-2-13-7-6-8-14(11-13)16(17)12-18-15-9-4-3-5-10-15/h3-5,9-10,13-14,16H,2,6-8,11-12,17H2,1H3. The zero-order chi connectivity index (χ0) is 12.8.